The molecule has 5 nitrogen and oxygen atoms in total. The molecule has 0 aliphatic carbocycles. The van der Waals surface area contributed by atoms with Crippen LogP contribution in [0.2, 0.25) is 0 Å². The Morgan fingerprint density at radius 1 is 1.24 bits per heavy atom. The summed E-state index contributed by atoms with van der Waals surface area (Å²) >= 11 is 0. The van der Waals surface area contributed by atoms with E-state index in [1.54, 1.807) is 12.4 Å². The molecule has 3 aromatic rings. The number of rotatable bonds is 5. The number of hydrogen-bond acceptors (Lipinski definition) is 4. The first-order valence-electron chi connectivity index (χ1n) is 7.19. The Kier molecular flexibility index (Phi) is 3.92. The van der Waals surface area contributed by atoms with Crippen molar-refractivity contribution in [3.8, 4) is 5.69 Å². The fraction of sp³-hybridized carbons (Fsp3) is 0.312. The molecule has 0 atom stereocenters. The molecular weight excluding hydrogens is 262 g/mol. The molecule has 0 aliphatic heterocycles. The standard InChI is InChI=1S/C16H19N5/c1-12(2)9-17-10-15-11-19-20-21(15)14-5-6-16-13(8-14)4-3-7-18-16/h3-8,11-12,17H,9-10H2,1-2H3. The molecule has 1 aromatic carbocycles. The summed E-state index contributed by atoms with van der Waals surface area (Å²) in [7, 11) is 0. The molecule has 0 spiro atoms. The average molecular weight is 281 g/mol. The van der Waals surface area contributed by atoms with Gasteiger partial charge in [0, 0.05) is 18.1 Å². The molecule has 108 valence electrons. The van der Waals surface area contributed by atoms with Crippen molar-refractivity contribution < 1.29 is 0 Å². The molecule has 0 fully saturated rings. The summed E-state index contributed by atoms with van der Waals surface area (Å²) in [6, 6.07) is 10.1. The van der Waals surface area contributed by atoms with Gasteiger partial charge in [0.2, 0.25) is 0 Å². The zero-order chi connectivity index (χ0) is 14.7. The topological polar surface area (TPSA) is 55.6 Å². The van der Waals surface area contributed by atoms with Gasteiger partial charge in [-0.1, -0.05) is 25.1 Å². The quantitative estimate of drug-likeness (QED) is 0.781. The van der Waals surface area contributed by atoms with Crippen molar-refractivity contribution in [3.05, 3.63) is 48.4 Å². The summed E-state index contributed by atoms with van der Waals surface area (Å²) in [4.78, 5) is 4.34. The molecule has 0 aliphatic rings. The van der Waals surface area contributed by atoms with Crippen molar-refractivity contribution in [2.75, 3.05) is 6.54 Å². The van der Waals surface area contributed by atoms with E-state index in [0.717, 1.165) is 35.4 Å². The maximum atomic E-state index is 4.34. The summed E-state index contributed by atoms with van der Waals surface area (Å²) < 4.78 is 1.87. The molecule has 5 heteroatoms. The van der Waals surface area contributed by atoms with E-state index in [1.807, 2.05) is 22.9 Å². The molecule has 0 bridgehead atoms. The van der Waals surface area contributed by atoms with Crippen molar-refractivity contribution in [1.29, 1.82) is 0 Å². The van der Waals surface area contributed by atoms with Crippen molar-refractivity contribution in [2.45, 2.75) is 20.4 Å². The Hall–Kier alpha value is -2.27. The second-order valence-corrected chi connectivity index (χ2v) is 5.54. The van der Waals surface area contributed by atoms with Crippen LogP contribution in [-0.2, 0) is 6.54 Å². The van der Waals surface area contributed by atoms with E-state index in [4.69, 9.17) is 0 Å². The van der Waals surface area contributed by atoms with Gasteiger partial charge >= 0.3 is 0 Å². The number of fused-ring (bicyclic) bond motifs is 1. The first-order valence-corrected chi connectivity index (χ1v) is 7.19. The lowest BCUT2D eigenvalue weighted by Gasteiger charge is -2.09. The van der Waals surface area contributed by atoms with Crippen LogP contribution in [0.1, 0.15) is 19.5 Å². The lowest BCUT2D eigenvalue weighted by molar-refractivity contribution is 0.542. The maximum absolute atomic E-state index is 4.34. The highest BCUT2D eigenvalue weighted by Crippen LogP contribution is 2.17. The van der Waals surface area contributed by atoms with Gasteiger partial charge in [0.25, 0.3) is 0 Å². The van der Waals surface area contributed by atoms with E-state index in [9.17, 15) is 0 Å². The minimum Gasteiger partial charge on any atom is -0.311 e. The van der Waals surface area contributed by atoms with Gasteiger partial charge in [-0.2, -0.15) is 0 Å². The minimum atomic E-state index is 0.626. The Morgan fingerprint density at radius 3 is 3.00 bits per heavy atom. The highest BCUT2D eigenvalue weighted by molar-refractivity contribution is 5.80. The molecule has 0 radical (unpaired) electrons. The highest BCUT2D eigenvalue weighted by Gasteiger charge is 2.07. The predicted molar refractivity (Wildman–Crippen MR) is 83.2 cm³/mol. The van der Waals surface area contributed by atoms with Crippen LogP contribution in [0.5, 0.6) is 0 Å². The summed E-state index contributed by atoms with van der Waals surface area (Å²) in [5.74, 6) is 0.626. The van der Waals surface area contributed by atoms with E-state index in [-0.39, 0.29) is 0 Å². The Balaban J connectivity index is 1.86. The van der Waals surface area contributed by atoms with E-state index in [0.29, 0.717) is 5.92 Å². The second-order valence-electron chi connectivity index (χ2n) is 5.54. The lowest BCUT2D eigenvalue weighted by atomic mass is 10.2. The molecular formula is C16H19N5. The Morgan fingerprint density at radius 2 is 2.14 bits per heavy atom. The zero-order valence-corrected chi connectivity index (χ0v) is 12.3. The number of nitrogens with one attached hydrogen (secondary N) is 1. The van der Waals surface area contributed by atoms with E-state index in [1.165, 1.54) is 0 Å². The van der Waals surface area contributed by atoms with Crippen LogP contribution in [-0.4, -0.2) is 26.5 Å². The zero-order valence-electron chi connectivity index (χ0n) is 12.3. The van der Waals surface area contributed by atoms with Crippen molar-refractivity contribution >= 4 is 10.9 Å². The molecule has 21 heavy (non-hydrogen) atoms. The number of benzene rings is 1. The third-order valence-electron chi connectivity index (χ3n) is 3.31. The van der Waals surface area contributed by atoms with E-state index < -0.39 is 0 Å². The van der Waals surface area contributed by atoms with Crippen LogP contribution in [0.15, 0.2) is 42.7 Å². The third-order valence-corrected chi connectivity index (χ3v) is 3.31. The van der Waals surface area contributed by atoms with Gasteiger partial charge in [-0.05, 0) is 36.7 Å². The molecule has 2 aromatic heterocycles. The number of aromatic nitrogens is 4. The molecule has 1 N–H and O–H groups in total. The average Bonchev–Trinajstić information content (AvgIpc) is 2.95. The van der Waals surface area contributed by atoms with Crippen LogP contribution in [0, 0.1) is 5.92 Å². The fourth-order valence-corrected chi connectivity index (χ4v) is 2.28. The molecule has 3 rings (SSSR count). The largest absolute Gasteiger partial charge is 0.311 e. The second kappa shape index (κ2) is 6.01. The fourth-order valence-electron chi connectivity index (χ4n) is 2.28. The number of pyridine rings is 1. The van der Waals surface area contributed by atoms with Gasteiger partial charge < -0.3 is 5.32 Å². The van der Waals surface area contributed by atoms with Gasteiger partial charge in [-0.15, -0.1) is 5.10 Å². The third kappa shape index (κ3) is 3.08. The van der Waals surface area contributed by atoms with E-state index in [2.05, 4.69) is 46.6 Å². The number of hydrogen-bond donors (Lipinski definition) is 1. The summed E-state index contributed by atoms with van der Waals surface area (Å²) in [5.41, 5.74) is 3.05. The molecule has 0 saturated carbocycles. The molecule has 0 unspecified atom stereocenters. The highest BCUT2D eigenvalue weighted by atomic mass is 15.4. The smallest absolute Gasteiger partial charge is 0.0783 e. The Bertz CT molecular complexity index is 732. The van der Waals surface area contributed by atoms with Crippen LogP contribution in [0.4, 0.5) is 0 Å². The SMILES string of the molecule is CC(C)CNCc1cnnn1-c1ccc2ncccc2c1. The first-order chi connectivity index (χ1) is 10.2. The monoisotopic (exact) mass is 281 g/mol. The van der Waals surface area contributed by atoms with E-state index >= 15 is 0 Å². The van der Waals surface area contributed by atoms with Gasteiger partial charge in [0.15, 0.2) is 0 Å². The van der Waals surface area contributed by atoms with Gasteiger partial charge in [0.05, 0.1) is 23.1 Å². The maximum Gasteiger partial charge on any atom is 0.0783 e. The summed E-state index contributed by atoms with van der Waals surface area (Å²) in [6.45, 7) is 6.13. The first kappa shape index (κ1) is 13.7. The van der Waals surface area contributed by atoms with Crippen LogP contribution in [0.25, 0.3) is 16.6 Å². The molecule has 0 saturated heterocycles. The minimum absolute atomic E-state index is 0.626. The lowest BCUT2D eigenvalue weighted by Crippen LogP contribution is -2.20. The normalized spacial score (nSPS) is 11.4. The van der Waals surface area contributed by atoms with Gasteiger partial charge in [-0.3, -0.25) is 4.98 Å². The summed E-state index contributed by atoms with van der Waals surface area (Å²) in [6.07, 6.45) is 3.61. The van der Waals surface area contributed by atoms with Gasteiger partial charge in [-0.25, -0.2) is 4.68 Å². The number of nitrogens with zero attached hydrogens (tertiary/aromatic N) is 4. The molecule has 2 heterocycles. The van der Waals surface area contributed by atoms with Crippen LogP contribution < -0.4 is 5.32 Å². The van der Waals surface area contributed by atoms with Gasteiger partial charge in [0.1, 0.15) is 0 Å². The molecule has 0 amide bonds. The van der Waals surface area contributed by atoms with Crippen molar-refractivity contribution in [3.63, 3.8) is 0 Å². The van der Waals surface area contributed by atoms with Crippen molar-refractivity contribution in [2.24, 2.45) is 5.92 Å². The van der Waals surface area contributed by atoms with Crippen LogP contribution in [0.3, 0.4) is 0 Å². The Labute approximate surface area is 124 Å². The van der Waals surface area contributed by atoms with Crippen LogP contribution >= 0.6 is 0 Å². The summed E-state index contributed by atoms with van der Waals surface area (Å²) in [5, 5.41) is 12.8. The predicted octanol–water partition coefficient (Wildman–Crippen LogP) is 2.56. The van der Waals surface area contributed by atoms with Crippen molar-refractivity contribution in [1.82, 2.24) is 25.3 Å².